The summed E-state index contributed by atoms with van der Waals surface area (Å²) >= 11 is 0. The number of nitrogens with zero attached hydrogens (tertiary/aromatic N) is 24. The van der Waals surface area contributed by atoms with E-state index in [-0.39, 0.29) is 99.9 Å². The number of hydrogen-bond acceptors (Lipinski definition) is 32. The maximum atomic E-state index is 7.43. The van der Waals surface area contributed by atoms with Gasteiger partial charge in [-0.15, -0.1) is 24.0 Å². The molecule has 50 heteroatoms. The summed E-state index contributed by atoms with van der Waals surface area (Å²) in [4.78, 5) is 72.5. The van der Waals surface area contributed by atoms with E-state index in [2.05, 4.69) is 79.8 Å². The third-order valence-corrected chi connectivity index (χ3v) is 24.1. The average Bonchev–Trinajstić information content (AvgIpc) is 0.956. The van der Waals surface area contributed by atoms with Gasteiger partial charge in [-0.25, -0.2) is 0 Å². The van der Waals surface area contributed by atoms with Crippen LogP contribution in [-0.4, -0.2) is 128 Å². The monoisotopic (exact) mass is 1910 g/mol. The van der Waals surface area contributed by atoms with Crippen LogP contribution in [-0.2, 0) is 56.0 Å². The minimum Gasteiger partial charge on any atom is -0.457 e. The van der Waals surface area contributed by atoms with E-state index in [4.69, 9.17) is 42.7 Å². The van der Waals surface area contributed by atoms with E-state index in [0.717, 1.165) is 0 Å². The Bertz CT molecular complexity index is 3620. The molecule has 0 unspecified atom stereocenters. The summed E-state index contributed by atoms with van der Waals surface area (Å²) in [5.41, 5.74) is 0. The van der Waals surface area contributed by atoms with Gasteiger partial charge in [0.1, 0.15) is 0 Å². The van der Waals surface area contributed by atoms with Gasteiger partial charge in [0, 0.05) is 207 Å². The van der Waals surface area contributed by atoms with Crippen LogP contribution >= 0.6 is 130 Å². The molecule has 12 heterocycles. The topological polar surface area (TPSA) is 772 Å². The van der Waals surface area contributed by atoms with Gasteiger partial charge in [-0.3, -0.25) is 59.8 Å². The molecule has 0 bridgehead atoms. The predicted octanol–water partition coefficient (Wildman–Crippen LogP) is 10.2. The van der Waals surface area contributed by atoms with Crippen molar-refractivity contribution in [2.45, 2.75) is 58.7 Å². The van der Waals surface area contributed by atoms with Crippen LogP contribution in [0.3, 0.4) is 0 Å². The maximum Gasteiger partial charge on any atom is 2.00 e. The van der Waals surface area contributed by atoms with Crippen LogP contribution in [0, 0.1) is 45.8 Å². The van der Waals surface area contributed by atoms with Crippen molar-refractivity contribution in [1.29, 1.82) is 21.0 Å². The Balaban J connectivity index is -0.000000107. The molecule has 0 aliphatic rings. The number of aromatic nitrogens is 12. The molecule has 2 radical (unpaired) electrons. The van der Waals surface area contributed by atoms with Crippen LogP contribution in [0.4, 0.5) is 0 Å². The molecule has 0 fully saturated rings. The van der Waals surface area contributed by atoms with Crippen molar-refractivity contribution in [2.75, 3.05) is 0 Å². The average molecular weight is 1920 g/mol. The SMILES string of the molecule is N#CN=C=[N-].N#CN=C=[N-].N#CN=C=[N-].N#CN=C=[N-].O.O.O.O.O.O.O.O.[Mn+2].[Mn+2].[OH3+].[OH3+].[OH3+].[OH3+].c1cc(SSc2ccncc2)ccn1.c1cc(SSc2ccncc2)ccn1.c1cc(SSc2ccncc2)ccn1.c1cc(SSc2ccncc2)ccn1.c1cc(SSc2ccncc2)ccn1.c1cc(SSc2ccncc2)ccn1. The van der Waals surface area contributed by atoms with E-state index in [1.807, 2.05) is 146 Å². The second kappa shape index (κ2) is 99.4. The Morgan fingerprint density at radius 3 is 0.288 bits per heavy atom. The normalized spacial score (nSPS) is 7.76. The molecule has 28 N–H and O–H groups in total. The number of nitriles is 4. The molecule has 0 aliphatic carbocycles. The molecule has 0 aromatic carbocycles. The Morgan fingerprint density at radius 2 is 0.246 bits per heavy atom. The quantitative estimate of drug-likeness (QED) is 0.0253. The molecule has 622 valence electrons. The fraction of sp³-hybridized carbons (Fsp3) is 0. The van der Waals surface area contributed by atoms with E-state index in [9.17, 15) is 0 Å². The van der Waals surface area contributed by atoms with E-state index >= 15 is 0 Å². The van der Waals surface area contributed by atoms with Gasteiger partial charge in [0.25, 0.3) is 0 Å². The van der Waals surface area contributed by atoms with Gasteiger partial charge in [-0.05, 0) is 146 Å². The largest absolute Gasteiger partial charge is 2.00 e. The molecule has 0 spiro atoms. The van der Waals surface area contributed by atoms with E-state index in [1.54, 1.807) is 278 Å². The molecular weight excluding hydrogens is 1840 g/mol. The van der Waals surface area contributed by atoms with Crippen molar-refractivity contribution in [3.63, 3.8) is 0 Å². The first-order valence-corrected chi connectivity index (χ1v) is 41.1. The van der Waals surface area contributed by atoms with Gasteiger partial charge in [0.15, 0.2) is 0 Å². The van der Waals surface area contributed by atoms with Gasteiger partial charge < -0.3 is 107 Å². The predicted molar refractivity (Wildman–Crippen MR) is 475 cm³/mol. The van der Waals surface area contributed by atoms with Crippen molar-refractivity contribution in [2.24, 2.45) is 20.0 Å². The van der Waals surface area contributed by atoms with E-state index < -0.39 is 0 Å². The van der Waals surface area contributed by atoms with Crippen molar-refractivity contribution in [3.8, 4) is 24.8 Å². The minimum absolute atomic E-state index is 0. The van der Waals surface area contributed by atoms with Crippen molar-refractivity contribution >= 4 is 154 Å². The fourth-order valence-electron chi connectivity index (χ4n) is 5.39. The Morgan fingerprint density at radius 1 is 0.178 bits per heavy atom. The smallest absolute Gasteiger partial charge is 0.457 e. The van der Waals surface area contributed by atoms with Crippen LogP contribution in [0.1, 0.15) is 0 Å². The summed E-state index contributed by atoms with van der Waals surface area (Å²) in [7, 11) is 20.7. The fourth-order valence-corrected chi connectivity index (χ4v) is 16.8. The summed E-state index contributed by atoms with van der Waals surface area (Å²) in [6.45, 7) is 0. The van der Waals surface area contributed by atoms with Crippen LogP contribution < -0.4 is 0 Å². The van der Waals surface area contributed by atoms with Crippen molar-refractivity contribution in [3.05, 3.63) is 316 Å². The first-order valence-electron chi connectivity index (χ1n) is 28.2. The van der Waals surface area contributed by atoms with Crippen LogP contribution in [0.2, 0.25) is 0 Å². The van der Waals surface area contributed by atoms with Gasteiger partial charge in [-0.2, -0.15) is 21.0 Å². The summed E-state index contributed by atoms with van der Waals surface area (Å²) < 4.78 is 0. The molecular formula is C68H76Mn2N24O12S12+4. The van der Waals surface area contributed by atoms with Crippen LogP contribution in [0.25, 0.3) is 21.6 Å². The molecule has 12 rings (SSSR count). The zero-order valence-corrected chi connectivity index (χ0v) is 72.6. The molecule has 0 amide bonds. The second-order valence-corrected chi connectivity index (χ2v) is 30.1. The molecule has 12 aromatic heterocycles. The maximum absolute atomic E-state index is 7.43. The Kier molecular flexibility index (Phi) is 113. The van der Waals surface area contributed by atoms with E-state index in [0.29, 0.717) is 0 Å². The standard InChI is InChI=1S/6C10H8N2S2.4C2N3.2Mn.12H2O/c6*1-5-11-6-2-9(1)13-14-10-3-7-12-8-4-10;4*3-1-5-2-4;;;;;;;;;;;;;;/h6*1-8H;;;;;;;12*1H2/q;;;;;;4*-1;2*+2;;;;;;;;;;;;/p+4. The van der Waals surface area contributed by atoms with Crippen molar-refractivity contribution in [1.82, 2.24) is 59.8 Å². The van der Waals surface area contributed by atoms with Gasteiger partial charge in [0.05, 0.1) is 24.8 Å². The summed E-state index contributed by atoms with van der Waals surface area (Å²) in [6, 6.07) is 53.1. The molecule has 118 heavy (non-hydrogen) atoms. The molecule has 12 aromatic rings. The van der Waals surface area contributed by atoms with Crippen LogP contribution in [0.15, 0.2) is 373 Å². The van der Waals surface area contributed by atoms with Gasteiger partial charge in [0.2, 0.25) is 0 Å². The Labute approximate surface area is 746 Å². The zero-order chi connectivity index (χ0) is 74.3. The number of rotatable bonds is 18. The van der Waals surface area contributed by atoms with Gasteiger partial charge in [-0.1, -0.05) is 130 Å². The van der Waals surface area contributed by atoms with Crippen molar-refractivity contribution < 1.29 is 99.9 Å². The molecule has 36 nitrogen and oxygen atoms in total. The third-order valence-electron chi connectivity index (χ3n) is 9.60. The summed E-state index contributed by atoms with van der Waals surface area (Å²) in [5, 5.41) is 59.4. The number of hydrogen-bond donors (Lipinski definition) is 0. The summed E-state index contributed by atoms with van der Waals surface area (Å²) in [5.74, 6) is 0. The molecule has 0 atom stereocenters. The number of pyridine rings is 12. The van der Waals surface area contributed by atoms with Gasteiger partial charge >= 0.3 is 34.1 Å². The first-order chi connectivity index (χ1) is 51.4. The zero-order valence-electron chi connectivity index (χ0n) is 60.4. The molecule has 0 saturated carbocycles. The summed E-state index contributed by atoms with van der Waals surface area (Å²) in [6.07, 6.45) is 48.3. The Hall–Kier alpha value is -9.96. The first kappa shape index (κ1) is 134. The van der Waals surface area contributed by atoms with E-state index in [1.165, 1.54) is 108 Å². The van der Waals surface area contributed by atoms with Crippen LogP contribution in [0.5, 0.6) is 0 Å². The molecule has 0 aliphatic heterocycles. The molecule has 0 saturated heterocycles. The number of aliphatic imine (C=N–C) groups is 4. The second-order valence-electron chi connectivity index (χ2n) is 16.4. The minimum atomic E-state index is 0. The third kappa shape index (κ3) is 76.0.